The largest absolute Gasteiger partial charge is 0.402 e. The fraction of sp³-hybridized carbons (Fsp3) is 0.800. The van der Waals surface area contributed by atoms with Crippen molar-refractivity contribution in [2.75, 3.05) is 39.8 Å². The maximum atomic E-state index is 11.0. The number of nitrogens with one attached hydrogen (secondary N) is 1. The van der Waals surface area contributed by atoms with Gasteiger partial charge >= 0.3 is 5.97 Å². The van der Waals surface area contributed by atoms with Gasteiger partial charge in [0.2, 0.25) is 5.91 Å². The molecule has 0 aromatic heterocycles. The van der Waals surface area contributed by atoms with Gasteiger partial charge in [0.15, 0.2) is 9.76 Å². The molecule has 0 aliphatic heterocycles. The first-order valence-electron chi connectivity index (χ1n) is 8.11. The molecule has 0 radical (unpaired) electrons. The number of amides is 1. The van der Waals surface area contributed by atoms with Crippen molar-refractivity contribution in [3.8, 4) is 0 Å². The highest BCUT2D eigenvalue weighted by molar-refractivity contribution is 6.26. The lowest BCUT2D eigenvalue weighted by molar-refractivity contribution is -0.403. The molecule has 8 heteroatoms. The fourth-order valence-electron chi connectivity index (χ4n) is 1.72. The number of hydrogen-bond donors (Lipinski definition) is 1. The first kappa shape index (κ1) is 22.2. The summed E-state index contributed by atoms with van der Waals surface area (Å²) >= 11 is 0. The van der Waals surface area contributed by atoms with E-state index in [0.717, 1.165) is 12.5 Å². The summed E-state index contributed by atoms with van der Waals surface area (Å²) < 4.78 is 27.7. The maximum absolute atomic E-state index is 11.0. The summed E-state index contributed by atoms with van der Waals surface area (Å²) in [7, 11) is -0.710. The maximum Gasteiger partial charge on any atom is 0.309 e. The molecule has 23 heavy (non-hydrogen) atoms. The van der Waals surface area contributed by atoms with Gasteiger partial charge in [0.05, 0.1) is 0 Å². The highest BCUT2D eigenvalue weighted by Gasteiger charge is 2.33. The molecule has 0 atom stereocenters. The molecule has 1 amide bonds. The average molecular weight is 350 g/mol. The monoisotopic (exact) mass is 349 g/mol. The zero-order valence-corrected chi connectivity index (χ0v) is 16.0. The minimum Gasteiger partial charge on any atom is -0.402 e. The topological polar surface area (TPSA) is 75.3 Å². The van der Waals surface area contributed by atoms with Gasteiger partial charge in [0, 0.05) is 26.4 Å². The summed E-state index contributed by atoms with van der Waals surface area (Å²) in [5, 5.41) is 2.73. The normalized spacial score (nSPS) is 12.0. The number of ether oxygens (including phenoxy) is 4. The van der Waals surface area contributed by atoms with Gasteiger partial charge in [-0.1, -0.05) is 6.58 Å². The first-order valence-corrected chi connectivity index (χ1v) is 9.69. The van der Waals surface area contributed by atoms with Crippen molar-refractivity contribution in [2.45, 2.75) is 39.2 Å². The van der Waals surface area contributed by atoms with Crippen molar-refractivity contribution in [1.82, 2.24) is 5.32 Å². The van der Waals surface area contributed by atoms with Gasteiger partial charge in [-0.25, -0.2) is 0 Å². The Morgan fingerprint density at radius 3 is 2.43 bits per heavy atom. The standard InChI is InChI=1S/C15H31NO6Si/c1-5-14(17)16-10-9-11-23-22-13-21-15(19-7-3,20-8-4)12-18-6-2/h5H,1,6-13,23H2,2-4H3,(H,16,17). The molecule has 0 aliphatic rings. The highest BCUT2D eigenvalue weighted by Crippen LogP contribution is 2.16. The molecule has 0 saturated carbocycles. The van der Waals surface area contributed by atoms with Gasteiger partial charge in [-0.3, -0.25) is 9.53 Å². The predicted molar refractivity (Wildman–Crippen MR) is 90.7 cm³/mol. The fourth-order valence-corrected chi connectivity index (χ4v) is 2.58. The molecule has 0 aromatic carbocycles. The zero-order chi connectivity index (χ0) is 17.4. The number of carbonyl (C=O) groups excluding carboxylic acids is 1. The third-order valence-corrected chi connectivity index (χ3v) is 4.02. The minimum atomic E-state index is -1.20. The van der Waals surface area contributed by atoms with Gasteiger partial charge in [-0.2, -0.15) is 0 Å². The van der Waals surface area contributed by atoms with Gasteiger partial charge in [-0.15, -0.1) is 0 Å². The average Bonchev–Trinajstić information content (AvgIpc) is 2.55. The van der Waals surface area contributed by atoms with Crippen LogP contribution in [0.1, 0.15) is 27.2 Å². The Balaban J connectivity index is 3.92. The van der Waals surface area contributed by atoms with Crippen LogP contribution in [0.15, 0.2) is 12.7 Å². The summed E-state index contributed by atoms with van der Waals surface area (Å²) in [4.78, 5) is 11.0. The van der Waals surface area contributed by atoms with E-state index < -0.39 is 15.7 Å². The van der Waals surface area contributed by atoms with Crippen molar-refractivity contribution >= 4 is 15.7 Å². The van der Waals surface area contributed by atoms with Crippen molar-refractivity contribution in [3.63, 3.8) is 0 Å². The number of rotatable bonds is 16. The highest BCUT2D eigenvalue weighted by atomic mass is 28.2. The predicted octanol–water partition coefficient (Wildman–Crippen LogP) is 0.935. The van der Waals surface area contributed by atoms with Gasteiger partial charge in [0.1, 0.15) is 13.4 Å². The lowest BCUT2D eigenvalue weighted by atomic mass is 10.4. The van der Waals surface area contributed by atoms with Crippen molar-refractivity contribution in [3.05, 3.63) is 12.7 Å². The van der Waals surface area contributed by atoms with Crippen LogP contribution in [-0.4, -0.2) is 61.4 Å². The van der Waals surface area contributed by atoms with Crippen LogP contribution in [-0.2, 0) is 28.2 Å². The second kappa shape index (κ2) is 14.8. The van der Waals surface area contributed by atoms with Crippen LogP contribution in [0.5, 0.6) is 0 Å². The third kappa shape index (κ3) is 11.4. The Morgan fingerprint density at radius 1 is 1.17 bits per heavy atom. The SMILES string of the molecule is C=CC(=O)NCCC[SiH2]OCOC(COCC)(OCC)OCC. The number of hydrogen-bond acceptors (Lipinski definition) is 6. The molecule has 0 unspecified atom stereocenters. The molecule has 1 N–H and O–H groups in total. The van der Waals surface area contributed by atoms with Gasteiger partial charge < -0.3 is 24.0 Å². The van der Waals surface area contributed by atoms with E-state index in [-0.39, 0.29) is 19.3 Å². The van der Waals surface area contributed by atoms with E-state index >= 15 is 0 Å². The molecule has 0 heterocycles. The van der Waals surface area contributed by atoms with Crippen molar-refractivity contribution < 1.29 is 28.2 Å². The van der Waals surface area contributed by atoms with Crippen LogP contribution < -0.4 is 5.32 Å². The molecule has 0 bridgehead atoms. The summed E-state index contributed by atoms with van der Waals surface area (Å²) in [5.74, 6) is -1.35. The Labute approximate surface area is 141 Å². The Bertz CT molecular complexity index is 310. The van der Waals surface area contributed by atoms with E-state index in [1.807, 2.05) is 20.8 Å². The van der Waals surface area contributed by atoms with Gasteiger partial charge in [0.25, 0.3) is 0 Å². The van der Waals surface area contributed by atoms with E-state index in [1.54, 1.807) is 0 Å². The van der Waals surface area contributed by atoms with E-state index in [2.05, 4.69) is 11.9 Å². The molecule has 0 fully saturated rings. The van der Waals surface area contributed by atoms with Gasteiger partial charge in [-0.05, 0) is 39.3 Å². The Kier molecular flexibility index (Phi) is 14.3. The molecular weight excluding hydrogens is 318 g/mol. The lowest BCUT2D eigenvalue weighted by Gasteiger charge is -2.32. The van der Waals surface area contributed by atoms with Crippen molar-refractivity contribution in [2.24, 2.45) is 0 Å². The van der Waals surface area contributed by atoms with Crippen LogP contribution in [0.3, 0.4) is 0 Å². The minimum absolute atomic E-state index is 0.109. The van der Waals surface area contributed by atoms with Crippen LogP contribution in [0.25, 0.3) is 0 Å². The number of carbonyl (C=O) groups is 1. The van der Waals surface area contributed by atoms with E-state index in [0.29, 0.717) is 26.4 Å². The first-order chi connectivity index (χ1) is 11.1. The van der Waals surface area contributed by atoms with Crippen LogP contribution in [0, 0.1) is 0 Å². The molecule has 0 aromatic rings. The molecule has 0 spiro atoms. The van der Waals surface area contributed by atoms with Crippen LogP contribution in [0.2, 0.25) is 6.04 Å². The molecule has 0 aliphatic carbocycles. The zero-order valence-electron chi connectivity index (χ0n) is 14.6. The molecule has 0 saturated heterocycles. The van der Waals surface area contributed by atoms with Crippen LogP contribution in [0.4, 0.5) is 0 Å². The molecular formula is C15H31NO6Si. The van der Waals surface area contributed by atoms with E-state index in [4.69, 9.17) is 23.4 Å². The Hall–Kier alpha value is -0.773. The second-order valence-electron chi connectivity index (χ2n) is 4.56. The summed E-state index contributed by atoms with van der Waals surface area (Å²) in [6.07, 6.45) is 2.15. The quantitative estimate of drug-likeness (QED) is 0.193. The Morgan fingerprint density at radius 2 is 1.87 bits per heavy atom. The van der Waals surface area contributed by atoms with E-state index in [1.165, 1.54) is 6.08 Å². The molecule has 7 nitrogen and oxygen atoms in total. The summed E-state index contributed by atoms with van der Waals surface area (Å²) in [6, 6.07) is 0.947. The van der Waals surface area contributed by atoms with Crippen LogP contribution >= 0.6 is 0 Å². The summed E-state index contributed by atoms with van der Waals surface area (Å²) in [6.45, 7) is 11.4. The third-order valence-electron chi connectivity index (χ3n) is 2.77. The second-order valence-corrected chi connectivity index (χ2v) is 6.08. The lowest BCUT2D eigenvalue weighted by Crippen LogP contribution is -2.44. The smallest absolute Gasteiger partial charge is 0.309 e. The molecule has 136 valence electrons. The van der Waals surface area contributed by atoms with Crippen molar-refractivity contribution in [1.29, 1.82) is 0 Å². The van der Waals surface area contributed by atoms with E-state index in [9.17, 15) is 4.79 Å². The molecule has 0 rings (SSSR count). The summed E-state index contributed by atoms with van der Waals surface area (Å²) in [5.41, 5.74) is 0.